The van der Waals surface area contributed by atoms with Crippen molar-refractivity contribution in [2.24, 2.45) is 0 Å². The molecule has 0 unspecified atom stereocenters. The fourth-order valence-electron chi connectivity index (χ4n) is 1.03. The number of halogens is 1. The summed E-state index contributed by atoms with van der Waals surface area (Å²) in [6.07, 6.45) is 3.47. The Hall–Kier alpha value is -3.01. The Morgan fingerprint density at radius 2 is 1.30 bits per heavy atom. The normalized spacial score (nSPS) is 14.5. The number of amides is 5. The standard InChI is InChI=1S/C6H5NO4.C4H3NO2.C2H3ClO2/c1-11-6(10)7-4(8)2-3-5(7)9;6-3-1-2-4(7)5-3;1-5-2(3)4/h2-3H,1H3;1-2H,(H,5,6,7);1H3. The third-order valence-electron chi connectivity index (χ3n) is 1.96. The molecule has 1 N–H and O–H groups in total. The molecule has 0 saturated carbocycles. The summed E-state index contributed by atoms with van der Waals surface area (Å²) in [6.45, 7) is 0. The van der Waals surface area contributed by atoms with E-state index in [4.69, 9.17) is 0 Å². The smallest absolute Gasteiger partial charge is 0.423 e. The van der Waals surface area contributed by atoms with Crippen LogP contribution in [-0.4, -0.2) is 54.3 Å². The van der Waals surface area contributed by atoms with Crippen LogP contribution in [-0.2, 0) is 28.7 Å². The van der Waals surface area contributed by atoms with Crippen molar-refractivity contribution in [3.05, 3.63) is 24.3 Å². The first-order valence-corrected chi connectivity index (χ1v) is 6.01. The minimum atomic E-state index is -0.954. The first kappa shape index (κ1) is 20.0. The largest absolute Gasteiger partial charge is 0.457 e. The number of rotatable bonds is 0. The van der Waals surface area contributed by atoms with Gasteiger partial charge >= 0.3 is 11.5 Å². The van der Waals surface area contributed by atoms with Crippen molar-refractivity contribution in [2.75, 3.05) is 14.2 Å². The number of carbonyl (C=O) groups excluding carboxylic acids is 6. The molecule has 0 fully saturated rings. The molecule has 0 atom stereocenters. The molecule has 10 nitrogen and oxygen atoms in total. The molecule has 23 heavy (non-hydrogen) atoms. The highest BCUT2D eigenvalue weighted by Crippen LogP contribution is 2.04. The van der Waals surface area contributed by atoms with E-state index >= 15 is 0 Å². The van der Waals surface area contributed by atoms with Crippen molar-refractivity contribution < 1.29 is 38.2 Å². The van der Waals surface area contributed by atoms with Crippen molar-refractivity contribution >= 4 is 46.8 Å². The van der Waals surface area contributed by atoms with Crippen molar-refractivity contribution in [1.29, 1.82) is 0 Å². The van der Waals surface area contributed by atoms with Gasteiger partial charge in [0, 0.05) is 35.9 Å². The second-order valence-electron chi connectivity index (χ2n) is 3.44. The Kier molecular flexibility index (Phi) is 8.55. The number of nitrogens with zero attached hydrogens (tertiary/aromatic N) is 1. The summed E-state index contributed by atoms with van der Waals surface area (Å²) >= 11 is 4.60. The maximum Gasteiger partial charge on any atom is 0.423 e. The van der Waals surface area contributed by atoms with E-state index in [0.29, 0.717) is 4.90 Å². The Labute approximate surface area is 134 Å². The monoisotopic (exact) mass is 346 g/mol. The first-order chi connectivity index (χ1) is 10.7. The van der Waals surface area contributed by atoms with Crippen molar-refractivity contribution in [1.82, 2.24) is 10.2 Å². The molecule has 0 radical (unpaired) electrons. The topological polar surface area (TPSA) is 136 Å². The lowest BCUT2D eigenvalue weighted by atomic mass is 10.6. The fraction of sp³-hybridized carbons (Fsp3) is 0.167. The number of imide groups is 4. The highest BCUT2D eigenvalue weighted by atomic mass is 35.5. The van der Waals surface area contributed by atoms with E-state index in [1.807, 2.05) is 5.32 Å². The second kappa shape index (κ2) is 9.84. The van der Waals surface area contributed by atoms with E-state index in [0.717, 1.165) is 19.3 Å². The Balaban J connectivity index is 0.000000347. The molecule has 2 heterocycles. The molecular weight excluding hydrogens is 336 g/mol. The van der Waals surface area contributed by atoms with Crippen LogP contribution < -0.4 is 5.32 Å². The van der Waals surface area contributed by atoms with Gasteiger partial charge in [0.25, 0.3) is 23.6 Å². The maximum absolute atomic E-state index is 10.7. The number of methoxy groups -OCH3 is 2. The van der Waals surface area contributed by atoms with Crippen LogP contribution in [0.15, 0.2) is 24.3 Å². The van der Waals surface area contributed by atoms with Crippen molar-refractivity contribution in [3.63, 3.8) is 0 Å². The van der Waals surface area contributed by atoms with Gasteiger partial charge in [-0.15, -0.1) is 0 Å². The predicted octanol–water partition coefficient (Wildman–Crippen LogP) is -0.132. The molecule has 0 aromatic carbocycles. The van der Waals surface area contributed by atoms with Gasteiger partial charge in [-0.05, 0) is 0 Å². The first-order valence-electron chi connectivity index (χ1n) is 5.63. The summed E-state index contributed by atoms with van der Waals surface area (Å²) in [5.41, 5.74) is -0.773. The van der Waals surface area contributed by atoms with Gasteiger partial charge in [0.15, 0.2) is 0 Å². The molecule has 2 aliphatic heterocycles. The van der Waals surface area contributed by atoms with E-state index in [1.54, 1.807) is 0 Å². The minimum absolute atomic E-state index is 0.329. The average molecular weight is 347 g/mol. The van der Waals surface area contributed by atoms with E-state index in [2.05, 4.69) is 21.1 Å². The van der Waals surface area contributed by atoms with Crippen LogP contribution in [0.25, 0.3) is 0 Å². The van der Waals surface area contributed by atoms with Crippen molar-refractivity contribution in [2.45, 2.75) is 0 Å². The van der Waals surface area contributed by atoms with Crippen LogP contribution in [0.3, 0.4) is 0 Å². The Bertz CT molecular complexity index is 562. The van der Waals surface area contributed by atoms with Gasteiger partial charge in [0.2, 0.25) is 0 Å². The summed E-state index contributed by atoms with van der Waals surface area (Å²) in [5, 5.41) is 2.03. The summed E-state index contributed by atoms with van der Waals surface area (Å²) in [4.78, 5) is 61.9. The van der Waals surface area contributed by atoms with Gasteiger partial charge in [-0.3, -0.25) is 24.5 Å². The summed E-state index contributed by atoms with van der Waals surface area (Å²) in [7, 11) is 2.32. The van der Waals surface area contributed by atoms with Gasteiger partial charge in [-0.1, -0.05) is 0 Å². The maximum atomic E-state index is 10.7. The van der Waals surface area contributed by atoms with E-state index in [9.17, 15) is 28.8 Å². The zero-order valence-corrected chi connectivity index (χ0v) is 12.7. The van der Waals surface area contributed by atoms with Crippen molar-refractivity contribution in [3.8, 4) is 0 Å². The zero-order valence-electron chi connectivity index (χ0n) is 11.9. The predicted molar refractivity (Wildman–Crippen MR) is 73.9 cm³/mol. The number of carbonyl (C=O) groups is 6. The van der Waals surface area contributed by atoms with Crippen LogP contribution in [0.5, 0.6) is 0 Å². The van der Waals surface area contributed by atoms with E-state index < -0.39 is 23.3 Å². The molecule has 124 valence electrons. The third-order valence-corrected chi connectivity index (χ3v) is 2.11. The molecule has 0 aliphatic carbocycles. The quantitative estimate of drug-likeness (QED) is 0.473. The third kappa shape index (κ3) is 7.52. The fourth-order valence-corrected chi connectivity index (χ4v) is 1.03. The molecule has 11 heteroatoms. The van der Waals surface area contributed by atoms with Gasteiger partial charge < -0.3 is 9.47 Å². The number of hydrogen-bond donors (Lipinski definition) is 1. The number of ether oxygens (including phenoxy) is 2. The molecule has 5 amide bonds. The Morgan fingerprint density at radius 1 is 0.913 bits per heavy atom. The van der Waals surface area contributed by atoms with Crippen LogP contribution >= 0.6 is 11.6 Å². The zero-order chi connectivity index (χ0) is 18.0. The average Bonchev–Trinajstić information content (AvgIpc) is 3.04. The lowest BCUT2D eigenvalue weighted by Crippen LogP contribution is -2.35. The summed E-state index contributed by atoms with van der Waals surface area (Å²) < 4.78 is 8.06. The van der Waals surface area contributed by atoms with E-state index in [-0.39, 0.29) is 11.8 Å². The molecule has 0 bridgehead atoms. The molecule has 0 spiro atoms. The van der Waals surface area contributed by atoms with Crippen LogP contribution in [0.1, 0.15) is 0 Å². The van der Waals surface area contributed by atoms with Crippen LogP contribution in [0.4, 0.5) is 9.59 Å². The second-order valence-corrected chi connectivity index (χ2v) is 3.75. The van der Waals surface area contributed by atoms with Gasteiger partial charge in [0.1, 0.15) is 0 Å². The van der Waals surface area contributed by atoms with Gasteiger partial charge in [-0.25, -0.2) is 9.59 Å². The van der Waals surface area contributed by atoms with Crippen LogP contribution in [0.2, 0.25) is 0 Å². The minimum Gasteiger partial charge on any atom is -0.457 e. The summed E-state index contributed by atoms with van der Waals surface area (Å²) in [5.74, 6) is -1.99. The lowest BCUT2D eigenvalue weighted by Gasteiger charge is -2.08. The lowest BCUT2D eigenvalue weighted by molar-refractivity contribution is -0.134. The number of hydrogen-bond acceptors (Lipinski definition) is 8. The van der Waals surface area contributed by atoms with Gasteiger partial charge in [0.05, 0.1) is 14.2 Å². The highest BCUT2D eigenvalue weighted by Gasteiger charge is 2.30. The van der Waals surface area contributed by atoms with Gasteiger partial charge in [-0.2, -0.15) is 4.90 Å². The van der Waals surface area contributed by atoms with Crippen LogP contribution in [0, 0.1) is 0 Å². The highest BCUT2D eigenvalue weighted by molar-refractivity contribution is 6.61. The van der Waals surface area contributed by atoms with E-state index in [1.165, 1.54) is 19.3 Å². The molecule has 0 aromatic heterocycles. The molecule has 0 aromatic rings. The molecule has 2 rings (SSSR count). The summed E-state index contributed by atoms with van der Waals surface area (Å²) in [6, 6.07) is 0. The molecule has 2 aliphatic rings. The number of nitrogens with one attached hydrogen (secondary N) is 1. The Morgan fingerprint density at radius 3 is 1.52 bits per heavy atom. The SMILES string of the molecule is COC(=O)Cl.COC(=O)N1C(=O)C=CC1=O.O=C1C=CC(=O)N1. The molecule has 0 saturated heterocycles. The molecular formula is C12H11ClN2O8.